The van der Waals surface area contributed by atoms with Crippen molar-refractivity contribution in [1.29, 1.82) is 0 Å². The van der Waals surface area contributed by atoms with Gasteiger partial charge in [-0.2, -0.15) is 0 Å². The molecule has 3 heterocycles. The zero-order chi connectivity index (χ0) is 18.6. The molecule has 0 aliphatic carbocycles. The zero-order valence-electron chi connectivity index (χ0n) is 15.7. The van der Waals surface area contributed by atoms with Gasteiger partial charge in [-0.15, -0.1) is 0 Å². The number of hydrogen-bond acceptors (Lipinski definition) is 6. The Kier molecular flexibility index (Phi) is 4.64. The number of rotatable bonds is 2. The summed E-state index contributed by atoms with van der Waals surface area (Å²) < 4.78 is 23.7. The van der Waals surface area contributed by atoms with Gasteiger partial charge in [-0.25, -0.2) is 0 Å². The van der Waals surface area contributed by atoms with Crippen molar-refractivity contribution >= 4 is 5.91 Å². The van der Waals surface area contributed by atoms with Gasteiger partial charge in [0.2, 0.25) is 5.91 Å². The lowest BCUT2D eigenvalue weighted by molar-refractivity contribution is -0.216. The van der Waals surface area contributed by atoms with Gasteiger partial charge in [0, 0.05) is 6.92 Å². The SMILES string of the molecule is CC(=O)N[C@]1(C)C=CO[C@@H](C)[C@@H]1[C@H]1O[C@@H](C)[C@H]2OC(C)(C)O[C@H]2[C@@H]1O. The molecule has 3 rings (SSSR count). The fourth-order valence-electron chi connectivity index (χ4n) is 4.43. The fourth-order valence-corrected chi connectivity index (χ4v) is 4.43. The Labute approximate surface area is 148 Å². The van der Waals surface area contributed by atoms with E-state index in [1.54, 1.807) is 6.26 Å². The van der Waals surface area contributed by atoms with Gasteiger partial charge in [0.25, 0.3) is 0 Å². The minimum absolute atomic E-state index is 0.149. The summed E-state index contributed by atoms with van der Waals surface area (Å²) in [7, 11) is 0. The van der Waals surface area contributed by atoms with Crippen molar-refractivity contribution in [2.75, 3.05) is 0 Å². The Morgan fingerprint density at radius 1 is 1.08 bits per heavy atom. The van der Waals surface area contributed by atoms with Crippen LogP contribution >= 0.6 is 0 Å². The van der Waals surface area contributed by atoms with Crippen molar-refractivity contribution in [2.45, 2.75) is 89.5 Å². The molecule has 0 aromatic carbocycles. The monoisotopic (exact) mass is 355 g/mol. The maximum atomic E-state index is 11.7. The topological polar surface area (TPSA) is 86.3 Å². The molecule has 3 aliphatic rings. The molecule has 2 saturated heterocycles. The van der Waals surface area contributed by atoms with Gasteiger partial charge in [-0.1, -0.05) is 0 Å². The van der Waals surface area contributed by atoms with E-state index in [0.717, 1.165) is 0 Å². The molecule has 0 saturated carbocycles. The second-order valence-electron chi connectivity index (χ2n) is 7.99. The van der Waals surface area contributed by atoms with Crippen LogP contribution in [-0.2, 0) is 23.7 Å². The van der Waals surface area contributed by atoms with E-state index in [9.17, 15) is 9.90 Å². The van der Waals surface area contributed by atoms with Crippen molar-refractivity contribution in [3.63, 3.8) is 0 Å². The van der Waals surface area contributed by atoms with E-state index < -0.39 is 29.6 Å². The molecule has 2 fully saturated rings. The molecule has 2 N–H and O–H groups in total. The fraction of sp³-hybridized carbons (Fsp3) is 0.833. The van der Waals surface area contributed by atoms with E-state index >= 15 is 0 Å². The Morgan fingerprint density at radius 2 is 1.72 bits per heavy atom. The zero-order valence-corrected chi connectivity index (χ0v) is 15.7. The second-order valence-corrected chi connectivity index (χ2v) is 7.99. The van der Waals surface area contributed by atoms with Gasteiger partial charge in [-0.05, 0) is 40.7 Å². The van der Waals surface area contributed by atoms with Crippen LogP contribution < -0.4 is 5.32 Å². The van der Waals surface area contributed by atoms with E-state index in [1.807, 2.05) is 40.7 Å². The first kappa shape index (κ1) is 18.6. The summed E-state index contributed by atoms with van der Waals surface area (Å²) >= 11 is 0. The highest BCUT2D eigenvalue weighted by Gasteiger charge is 2.58. The van der Waals surface area contributed by atoms with Gasteiger partial charge in [0.05, 0.1) is 29.9 Å². The van der Waals surface area contributed by atoms with E-state index in [0.29, 0.717) is 0 Å². The third-order valence-electron chi connectivity index (χ3n) is 5.38. The standard InChI is InChI=1S/C18H29NO6/c1-9-12(18(6,7-8-22-9)19-11(3)20)15-13(21)16-14(10(2)23-15)24-17(4,5)25-16/h7-10,12-16,21H,1-6H3,(H,19,20)/t9-,10-,12+,13+,14+,15+,16-,18+/m0/s1. The number of amides is 1. The summed E-state index contributed by atoms with van der Waals surface area (Å²) in [4.78, 5) is 11.7. The predicted molar refractivity (Wildman–Crippen MR) is 89.6 cm³/mol. The molecule has 142 valence electrons. The van der Waals surface area contributed by atoms with Crippen molar-refractivity contribution in [1.82, 2.24) is 5.32 Å². The number of ether oxygens (including phenoxy) is 4. The first-order chi connectivity index (χ1) is 11.5. The average Bonchev–Trinajstić information content (AvgIpc) is 2.79. The third kappa shape index (κ3) is 3.30. The van der Waals surface area contributed by atoms with E-state index in [2.05, 4.69) is 5.32 Å². The Balaban J connectivity index is 1.91. The van der Waals surface area contributed by atoms with Gasteiger partial charge in [0.15, 0.2) is 5.79 Å². The second kappa shape index (κ2) is 6.23. The van der Waals surface area contributed by atoms with E-state index in [1.165, 1.54) is 6.92 Å². The number of hydrogen-bond donors (Lipinski definition) is 2. The Hall–Kier alpha value is -1.15. The van der Waals surface area contributed by atoms with Crippen LogP contribution in [0, 0.1) is 5.92 Å². The molecule has 0 aromatic rings. The normalized spacial score (nSPS) is 48.5. The van der Waals surface area contributed by atoms with Crippen LogP contribution in [0.25, 0.3) is 0 Å². The maximum absolute atomic E-state index is 11.7. The van der Waals surface area contributed by atoms with Gasteiger partial charge in [0.1, 0.15) is 24.4 Å². The van der Waals surface area contributed by atoms with Crippen molar-refractivity contribution < 1.29 is 28.8 Å². The lowest BCUT2D eigenvalue weighted by Gasteiger charge is -2.50. The summed E-state index contributed by atoms with van der Waals surface area (Å²) in [6.07, 6.45) is 0.634. The van der Waals surface area contributed by atoms with Crippen LogP contribution in [0.5, 0.6) is 0 Å². The number of carbonyl (C=O) groups is 1. The molecule has 8 atom stereocenters. The van der Waals surface area contributed by atoms with Crippen LogP contribution in [0.4, 0.5) is 0 Å². The van der Waals surface area contributed by atoms with Crippen LogP contribution in [0.2, 0.25) is 0 Å². The summed E-state index contributed by atoms with van der Waals surface area (Å²) in [6, 6.07) is 0. The molecule has 7 nitrogen and oxygen atoms in total. The first-order valence-electron chi connectivity index (χ1n) is 8.85. The predicted octanol–water partition coefficient (Wildman–Crippen LogP) is 1.10. The number of aliphatic hydroxyl groups excluding tert-OH is 1. The first-order valence-corrected chi connectivity index (χ1v) is 8.85. The smallest absolute Gasteiger partial charge is 0.217 e. The van der Waals surface area contributed by atoms with Crippen LogP contribution in [-0.4, -0.2) is 59.0 Å². The van der Waals surface area contributed by atoms with E-state index in [-0.39, 0.29) is 30.1 Å². The van der Waals surface area contributed by atoms with Crippen molar-refractivity contribution in [3.05, 3.63) is 12.3 Å². The highest BCUT2D eigenvalue weighted by molar-refractivity contribution is 5.74. The summed E-state index contributed by atoms with van der Waals surface area (Å²) in [5, 5.41) is 14.0. The maximum Gasteiger partial charge on any atom is 0.217 e. The van der Waals surface area contributed by atoms with Gasteiger partial charge < -0.3 is 29.4 Å². The molecule has 7 heteroatoms. The molecule has 3 aliphatic heterocycles. The third-order valence-corrected chi connectivity index (χ3v) is 5.38. The number of carbonyl (C=O) groups excluding carboxylic acids is 1. The average molecular weight is 355 g/mol. The molecule has 0 radical (unpaired) electrons. The van der Waals surface area contributed by atoms with Crippen LogP contribution in [0.15, 0.2) is 12.3 Å². The van der Waals surface area contributed by atoms with Crippen LogP contribution in [0.3, 0.4) is 0 Å². The molecule has 25 heavy (non-hydrogen) atoms. The number of fused-ring (bicyclic) bond motifs is 1. The molecule has 0 aromatic heterocycles. The molecular formula is C18H29NO6. The minimum Gasteiger partial charge on any atom is -0.498 e. The Bertz CT molecular complexity index is 564. The van der Waals surface area contributed by atoms with E-state index in [4.69, 9.17) is 18.9 Å². The highest BCUT2D eigenvalue weighted by Crippen LogP contribution is 2.43. The van der Waals surface area contributed by atoms with Gasteiger partial charge >= 0.3 is 0 Å². The van der Waals surface area contributed by atoms with Gasteiger partial charge in [-0.3, -0.25) is 4.79 Å². The summed E-state index contributed by atoms with van der Waals surface area (Å²) in [6.45, 7) is 10.9. The largest absolute Gasteiger partial charge is 0.498 e. The summed E-state index contributed by atoms with van der Waals surface area (Å²) in [5.41, 5.74) is -0.698. The minimum atomic E-state index is -0.890. The molecule has 0 bridgehead atoms. The van der Waals surface area contributed by atoms with Crippen molar-refractivity contribution in [2.24, 2.45) is 5.92 Å². The van der Waals surface area contributed by atoms with Crippen molar-refractivity contribution in [3.8, 4) is 0 Å². The lowest BCUT2D eigenvalue weighted by Crippen LogP contribution is -2.66. The molecule has 1 amide bonds. The number of aliphatic hydroxyl groups is 1. The lowest BCUT2D eigenvalue weighted by atomic mass is 9.73. The molecule has 0 unspecified atom stereocenters. The summed E-state index contributed by atoms with van der Waals surface area (Å²) in [5.74, 6) is -1.20. The highest BCUT2D eigenvalue weighted by atomic mass is 16.8. The van der Waals surface area contributed by atoms with Crippen LogP contribution in [0.1, 0.15) is 41.5 Å². The number of nitrogens with one attached hydrogen (secondary N) is 1. The molecule has 0 spiro atoms. The Morgan fingerprint density at radius 3 is 2.36 bits per heavy atom. The quantitative estimate of drug-likeness (QED) is 0.771. The molecular weight excluding hydrogens is 326 g/mol.